The van der Waals surface area contributed by atoms with Gasteiger partial charge in [0.25, 0.3) is 0 Å². The number of nitrogens with one attached hydrogen (secondary N) is 1. The van der Waals surface area contributed by atoms with Crippen LogP contribution in [-0.2, 0) is 0 Å². The van der Waals surface area contributed by atoms with Crippen LogP contribution in [0.2, 0.25) is 0 Å². The first-order chi connectivity index (χ1) is 7.61. The minimum Gasteiger partial charge on any atom is -0.491 e. The van der Waals surface area contributed by atoms with Gasteiger partial charge in [-0.25, -0.2) is 8.78 Å². The lowest BCUT2D eigenvalue weighted by Gasteiger charge is -2.14. The Labute approximate surface area is 94.6 Å². The van der Waals surface area contributed by atoms with Crippen molar-refractivity contribution < 1.29 is 13.5 Å². The maximum absolute atomic E-state index is 12.9. The molecule has 0 bridgehead atoms. The zero-order chi connectivity index (χ0) is 12.0. The van der Waals surface area contributed by atoms with Gasteiger partial charge in [0.2, 0.25) is 0 Å². The van der Waals surface area contributed by atoms with Crippen LogP contribution < -0.4 is 10.1 Å². The van der Waals surface area contributed by atoms with Gasteiger partial charge in [0.05, 0.1) is 6.10 Å². The van der Waals surface area contributed by atoms with Crippen LogP contribution in [0.5, 0.6) is 5.75 Å². The first-order valence-electron chi connectivity index (χ1n) is 5.39. The topological polar surface area (TPSA) is 21.3 Å². The molecule has 0 heterocycles. The molecule has 2 nitrogen and oxygen atoms in total. The Balaban J connectivity index is 2.45. The van der Waals surface area contributed by atoms with Crippen molar-refractivity contribution in [2.24, 2.45) is 0 Å². The van der Waals surface area contributed by atoms with E-state index in [-0.39, 0.29) is 11.9 Å². The summed E-state index contributed by atoms with van der Waals surface area (Å²) in [5.74, 6) is -0.982. The second-order valence-electron chi connectivity index (χ2n) is 3.78. The van der Waals surface area contributed by atoms with E-state index >= 15 is 0 Å². The van der Waals surface area contributed by atoms with Crippen molar-refractivity contribution in [2.45, 2.75) is 25.9 Å². The lowest BCUT2D eigenvalue weighted by atomic mass is 10.2. The summed E-state index contributed by atoms with van der Waals surface area (Å²) in [7, 11) is 1.88. The maximum atomic E-state index is 12.9. The predicted octanol–water partition coefficient (Wildman–Crippen LogP) is 2.73. The molecule has 1 aromatic carbocycles. The average molecular weight is 229 g/mol. The van der Waals surface area contributed by atoms with Crippen LogP contribution in [0.15, 0.2) is 18.2 Å². The van der Waals surface area contributed by atoms with Crippen molar-refractivity contribution in [2.75, 3.05) is 13.6 Å². The highest BCUT2D eigenvalue weighted by Gasteiger charge is 2.06. The van der Waals surface area contributed by atoms with Gasteiger partial charge in [0.15, 0.2) is 0 Å². The van der Waals surface area contributed by atoms with E-state index in [0.717, 1.165) is 25.5 Å². The molecule has 1 unspecified atom stereocenters. The fraction of sp³-hybridized carbons (Fsp3) is 0.500. The Kier molecular flexibility index (Phi) is 5.19. The molecule has 0 spiro atoms. The van der Waals surface area contributed by atoms with Gasteiger partial charge in [-0.3, -0.25) is 0 Å². The minimum atomic E-state index is -0.613. The molecule has 0 aromatic heterocycles. The van der Waals surface area contributed by atoms with Crippen LogP contribution in [0.4, 0.5) is 8.78 Å². The van der Waals surface area contributed by atoms with Gasteiger partial charge in [-0.05, 0) is 33.4 Å². The van der Waals surface area contributed by atoms with Gasteiger partial charge in [-0.1, -0.05) is 0 Å². The summed E-state index contributed by atoms with van der Waals surface area (Å²) < 4.78 is 31.1. The largest absolute Gasteiger partial charge is 0.491 e. The molecule has 0 fully saturated rings. The van der Waals surface area contributed by atoms with Crippen molar-refractivity contribution in [1.82, 2.24) is 5.32 Å². The van der Waals surface area contributed by atoms with Crippen molar-refractivity contribution >= 4 is 0 Å². The Morgan fingerprint density at radius 3 is 2.44 bits per heavy atom. The summed E-state index contributed by atoms with van der Waals surface area (Å²) in [6.45, 7) is 2.80. The minimum absolute atomic E-state index is 0.0467. The summed E-state index contributed by atoms with van der Waals surface area (Å²) in [4.78, 5) is 0. The normalized spacial score (nSPS) is 12.5. The molecule has 1 rings (SSSR count). The van der Waals surface area contributed by atoms with Crippen LogP contribution in [0.1, 0.15) is 19.8 Å². The van der Waals surface area contributed by atoms with E-state index in [9.17, 15) is 8.78 Å². The lowest BCUT2D eigenvalue weighted by molar-refractivity contribution is 0.206. The zero-order valence-corrected chi connectivity index (χ0v) is 9.59. The Morgan fingerprint density at radius 2 is 1.88 bits per heavy atom. The van der Waals surface area contributed by atoms with Gasteiger partial charge in [0, 0.05) is 18.2 Å². The molecule has 0 aliphatic carbocycles. The number of halogens is 2. The Morgan fingerprint density at radius 1 is 1.25 bits per heavy atom. The summed E-state index contributed by atoms with van der Waals surface area (Å²) in [6, 6.07) is 3.22. The first kappa shape index (κ1) is 12.9. The van der Waals surface area contributed by atoms with E-state index in [0.29, 0.717) is 0 Å². The molecule has 16 heavy (non-hydrogen) atoms. The van der Waals surface area contributed by atoms with Gasteiger partial charge < -0.3 is 10.1 Å². The summed E-state index contributed by atoms with van der Waals surface area (Å²) in [6.07, 6.45) is 1.77. The highest BCUT2D eigenvalue weighted by Crippen LogP contribution is 2.17. The second kappa shape index (κ2) is 6.43. The van der Waals surface area contributed by atoms with Crippen LogP contribution >= 0.6 is 0 Å². The molecule has 1 atom stereocenters. The Hall–Kier alpha value is -1.16. The monoisotopic (exact) mass is 229 g/mol. The average Bonchev–Trinajstić information content (AvgIpc) is 2.16. The van der Waals surface area contributed by atoms with Gasteiger partial charge in [0.1, 0.15) is 17.4 Å². The molecule has 0 aliphatic heterocycles. The molecule has 90 valence electrons. The molecule has 0 radical (unpaired) electrons. The summed E-state index contributed by atoms with van der Waals surface area (Å²) >= 11 is 0. The SMILES string of the molecule is CNCCCC(C)Oc1cc(F)cc(F)c1. The third kappa shape index (κ3) is 4.57. The van der Waals surface area contributed by atoms with Crippen molar-refractivity contribution in [1.29, 1.82) is 0 Å². The van der Waals surface area contributed by atoms with Crippen LogP contribution in [0, 0.1) is 11.6 Å². The summed E-state index contributed by atoms with van der Waals surface area (Å²) in [5.41, 5.74) is 0. The van der Waals surface area contributed by atoms with Crippen LogP contribution in [0.25, 0.3) is 0 Å². The van der Waals surface area contributed by atoms with Crippen molar-refractivity contribution in [3.63, 3.8) is 0 Å². The van der Waals surface area contributed by atoms with E-state index in [4.69, 9.17) is 4.74 Å². The maximum Gasteiger partial charge on any atom is 0.129 e. The van der Waals surface area contributed by atoms with Gasteiger partial charge >= 0.3 is 0 Å². The molecular weight excluding hydrogens is 212 g/mol. The molecule has 1 N–H and O–H groups in total. The Bertz CT molecular complexity index is 311. The number of rotatable bonds is 6. The van der Waals surface area contributed by atoms with E-state index in [1.54, 1.807) is 0 Å². The van der Waals surface area contributed by atoms with Crippen molar-refractivity contribution in [3.8, 4) is 5.75 Å². The molecule has 0 saturated heterocycles. The van der Waals surface area contributed by atoms with Crippen LogP contribution in [0.3, 0.4) is 0 Å². The van der Waals surface area contributed by atoms with Crippen molar-refractivity contribution in [3.05, 3.63) is 29.8 Å². The lowest BCUT2D eigenvalue weighted by Crippen LogP contribution is -2.15. The molecule has 0 aliphatic rings. The van der Waals surface area contributed by atoms with E-state index in [1.807, 2.05) is 14.0 Å². The quantitative estimate of drug-likeness (QED) is 0.757. The highest BCUT2D eigenvalue weighted by molar-refractivity contribution is 5.23. The van der Waals surface area contributed by atoms with Gasteiger partial charge in [-0.15, -0.1) is 0 Å². The number of hydrogen-bond donors (Lipinski definition) is 1. The van der Waals surface area contributed by atoms with E-state index in [1.165, 1.54) is 12.1 Å². The first-order valence-corrected chi connectivity index (χ1v) is 5.39. The molecule has 0 saturated carbocycles. The molecular formula is C12H17F2NO. The second-order valence-corrected chi connectivity index (χ2v) is 3.78. The predicted molar refractivity (Wildman–Crippen MR) is 59.6 cm³/mol. The van der Waals surface area contributed by atoms with Gasteiger partial charge in [-0.2, -0.15) is 0 Å². The standard InChI is InChI=1S/C12H17F2NO/c1-9(4-3-5-15-2)16-12-7-10(13)6-11(14)8-12/h6-9,15H,3-5H2,1-2H3. The third-order valence-electron chi connectivity index (χ3n) is 2.21. The number of benzene rings is 1. The smallest absolute Gasteiger partial charge is 0.129 e. The molecule has 0 amide bonds. The number of ether oxygens (including phenoxy) is 1. The van der Waals surface area contributed by atoms with E-state index < -0.39 is 11.6 Å². The zero-order valence-electron chi connectivity index (χ0n) is 9.59. The molecule has 1 aromatic rings. The van der Waals surface area contributed by atoms with E-state index in [2.05, 4.69) is 5.32 Å². The summed E-state index contributed by atoms with van der Waals surface area (Å²) in [5, 5.41) is 3.03. The van der Waals surface area contributed by atoms with Crippen LogP contribution in [-0.4, -0.2) is 19.7 Å². The highest BCUT2D eigenvalue weighted by atomic mass is 19.1. The fourth-order valence-corrected chi connectivity index (χ4v) is 1.45. The third-order valence-corrected chi connectivity index (χ3v) is 2.21. The number of hydrogen-bond acceptors (Lipinski definition) is 2. The fourth-order valence-electron chi connectivity index (χ4n) is 1.45. The molecule has 4 heteroatoms.